The summed E-state index contributed by atoms with van der Waals surface area (Å²) in [7, 11) is 1.49. The summed E-state index contributed by atoms with van der Waals surface area (Å²) < 4.78 is 4.91. The average Bonchev–Trinajstić information content (AvgIpc) is 2.17. The highest BCUT2D eigenvalue weighted by Gasteiger charge is 2.10. The Hall–Kier alpha value is -1.84. The maximum Gasteiger partial charge on any atom is 0.311 e. The zero-order valence-electron chi connectivity index (χ0n) is 7.69. The quantitative estimate of drug-likeness (QED) is 0.580. The lowest BCUT2D eigenvalue weighted by atomic mass is 10.1. The van der Waals surface area contributed by atoms with Crippen molar-refractivity contribution >= 4 is 11.8 Å². The van der Waals surface area contributed by atoms with Crippen molar-refractivity contribution in [2.24, 2.45) is 0 Å². The maximum atomic E-state index is 11.3. The Morgan fingerprint density at radius 1 is 1.43 bits per heavy atom. The molecule has 4 nitrogen and oxygen atoms in total. The standard InChI is InChI=1S/C10H10O4/c1-14-8-4-2-3-7(5-8)9(11)6-10(12)13/h2-5H,6H2,1H3,(H,12,13). The van der Waals surface area contributed by atoms with Gasteiger partial charge in [0.1, 0.15) is 12.2 Å². The van der Waals surface area contributed by atoms with Crippen LogP contribution in [0, 0.1) is 0 Å². The number of hydrogen-bond donors (Lipinski definition) is 1. The lowest BCUT2D eigenvalue weighted by Crippen LogP contribution is -2.06. The summed E-state index contributed by atoms with van der Waals surface area (Å²) in [6, 6.07) is 6.42. The summed E-state index contributed by atoms with van der Waals surface area (Å²) in [5.74, 6) is -1.00. The number of ether oxygens (including phenoxy) is 1. The number of carboxylic acids is 1. The first-order chi connectivity index (χ1) is 6.63. The molecule has 1 aromatic rings. The summed E-state index contributed by atoms with van der Waals surface area (Å²) in [6.45, 7) is 0. The Bertz CT molecular complexity index is 357. The number of carbonyl (C=O) groups is 2. The van der Waals surface area contributed by atoms with E-state index in [9.17, 15) is 9.59 Å². The van der Waals surface area contributed by atoms with Gasteiger partial charge in [-0.3, -0.25) is 9.59 Å². The predicted octanol–water partition coefficient (Wildman–Crippen LogP) is 1.35. The van der Waals surface area contributed by atoms with Gasteiger partial charge in [0.15, 0.2) is 5.78 Å². The van der Waals surface area contributed by atoms with Crippen molar-refractivity contribution in [1.29, 1.82) is 0 Å². The molecule has 14 heavy (non-hydrogen) atoms. The molecule has 0 unspecified atom stereocenters. The lowest BCUT2D eigenvalue weighted by Gasteiger charge is -2.01. The van der Waals surface area contributed by atoms with Gasteiger partial charge in [-0.1, -0.05) is 12.1 Å². The number of carbonyl (C=O) groups excluding carboxylic acids is 1. The van der Waals surface area contributed by atoms with Crippen molar-refractivity contribution in [2.45, 2.75) is 6.42 Å². The van der Waals surface area contributed by atoms with Crippen molar-refractivity contribution in [3.8, 4) is 5.75 Å². The van der Waals surface area contributed by atoms with E-state index in [-0.39, 0.29) is 0 Å². The highest BCUT2D eigenvalue weighted by Crippen LogP contribution is 2.13. The number of carboxylic acid groups (broad SMARTS) is 1. The molecule has 0 atom stereocenters. The largest absolute Gasteiger partial charge is 0.497 e. The van der Waals surface area contributed by atoms with Gasteiger partial charge in [-0.15, -0.1) is 0 Å². The minimum absolute atomic E-state index is 0.353. The topological polar surface area (TPSA) is 63.6 Å². The monoisotopic (exact) mass is 194 g/mol. The van der Waals surface area contributed by atoms with Crippen molar-refractivity contribution in [3.63, 3.8) is 0 Å². The summed E-state index contributed by atoms with van der Waals surface area (Å²) in [5, 5.41) is 8.42. The number of ketones is 1. The molecular weight excluding hydrogens is 184 g/mol. The molecule has 0 aliphatic carbocycles. The minimum Gasteiger partial charge on any atom is -0.497 e. The van der Waals surface area contributed by atoms with Crippen molar-refractivity contribution in [1.82, 2.24) is 0 Å². The number of methoxy groups -OCH3 is 1. The molecule has 0 aromatic heterocycles. The van der Waals surface area contributed by atoms with E-state index >= 15 is 0 Å². The average molecular weight is 194 g/mol. The van der Waals surface area contributed by atoms with Gasteiger partial charge in [0.05, 0.1) is 7.11 Å². The highest BCUT2D eigenvalue weighted by atomic mass is 16.5. The number of rotatable bonds is 4. The predicted molar refractivity (Wildman–Crippen MR) is 49.6 cm³/mol. The third-order valence-corrected chi connectivity index (χ3v) is 1.70. The van der Waals surface area contributed by atoms with Crippen LogP contribution >= 0.6 is 0 Å². The third-order valence-electron chi connectivity index (χ3n) is 1.70. The Labute approximate surface area is 81.1 Å². The molecule has 0 radical (unpaired) electrons. The van der Waals surface area contributed by atoms with E-state index in [1.165, 1.54) is 13.2 Å². The van der Waals surface area contributed by atoms with Gasteiger partial charge < -0.3 is 9.84 Å². The highest BCUT2D eigenvalue weighted by molar-refractivity contribution is 6.05. The molecule has 0 heterocycles. The van der Waals surface area contributed by atoms with Crippen LogP contribution in [0.15, 0.2) is 24.3 Å². The van der Waals surface area contributed by atoms with Crippen LogP contribution in [0.1, 0.15) is 16.8 Å². The summed E-state index contributed by atoms with van der Waals surface area (Å²) in [5.41, 5.74) is 0.353. The Balaban J connectivity index is 2.84. The molecule has 1 rings (SSSR count). The summed E-state index contributed by atoms with van der Waals surface area (Å²) in [6.07, 6.45) is -0.493. The fourth-order valence-corrected chi connectivity index (χ4v) is 1.04. The molecule has 4 heteroatoms. The first kappa shape index (κ1) is 10.2. The lowest BCUT2D eigenvalue weighted by molar-refractivity contribution is -0.135. The van der Waals surface area contributed by atoms with E-state index in [2.05, 4.69) is 0 Å². The van der Waals surface area contributed by atoms with E-state index in [1.54, 1.807) is 18.2 Å². The smallest absolute Gasteiger partial charge is 0.311 e. The second-order valence-electron chi connectivity index (χ2n) is 2.73. The van der Waals surface area contributed by atoms with E-state index < -0.39 is 18.2 Å². The molecule has 0 saturated heterocycles. The summed E-state index contributed by atoms with van der Waals surface area (Å²) in [4.78, 5) is 21.6. The number of aliphatic carboxylic acids is 1. The molecule has 0 saturated carbocycles. The molecule has 0 spiro atoms. The van der Waals surface area contributed by atoms with Gasteiger partial charge in [-0.05, 0) is 12.1 Å². The molecule has 74 valence electrons. The van der Waals surface area contributed by atoms with Crippen LogP contribution < -0.4 is 4.74 Å². The molecule has 0 amide bonds. The van der Waals surface area contributed by atoms with Crippen LogP contribution in [0.2, 0.25) is 0 Å². The van der Waals surface area contributed by atoms with E-state index in [4.69, 9.17) is 9.84 Å². The van der Waals surface area contributed by atoms with E-state index in [0.29, 0.717) is 11.3 Å². The Morgan fingerprint density at radius 3 is 2.71 bits per heavy atom. The zero-order valence-corrected chi connectivity index (χ0v) is 7.69. The first-order valence-electron chi connectivity index (χ1n) is 4.02. The Kier molecular flexibility index (Phi) is 3.23. The molecule has 1 N–H and O–H groups in total. The SMILES string of the molecule is COc1cccc(C(=O)CC(=O)O)c1. The second kappa shape index (κ2) is 4.41. The van der Waals surface area contributed by atoms with E-state index in [1.807, 2.05) is 0 Å². The molecule has 0 aliphatic heterocycles. The van der Waals surface area contributed by atoms with Crippen LogP contribution in [-0.4, -0.2) is 24.0 Å². The molecule has 1 aromatic carbocycles. The summed E-state index contributed by atoms with van der Waals surface area (Å²) >= 11 is 0. The van der Waals surface area contributed by atoms with Crippen LogP contribution in [0.3, 0.4) is 0 Å². The van der Waals surface area contributed by atoms with Gasteiger partial charge in [0, 0.05) is 5.56 Å². The van der Waals surface area contributed by atoms with Crippen molar-refractivity contribution < 1.29 is 19.4 Å². The van der Waals surface area contributed by atoms with Gasteiger partial charge in [-0.2, -0.15) is 0 Å². The van der Waals surface area contributed by atoms with Crippen molar-refractivity contribution in [3.05, 3.63) is 29.8 Å². The van der Waals surface area contributed by atoms with Crippen LogP contribution in [0.4, 0.5) is 0 Å². The second-order valence-corrected chi connectivity index (χ2v) is 2.73. The maximum absolute atomic E-state index is 11.3. The van der Waals surface area contributed by atoms with Gasteiger partial charge in [-0.25, -0.2) is 0 Å². The zero-order chi connectivity index (χ0) is 10.6. The number of Topliss-reactive ketones (excluding diaryl/α,β-unsaturated/α-hetero) is 1. The number of hydrogen-bond acceptors (Lipinski definition) is 3. The minimum atomic E-state index is -1.13. The van der Waals surface area contributed by atoms with Crippen molar-refractivity contribution in [2.75, 3.05) is 7.11 Å². The number of benzene rings is 1. The fraction of sp³-hybridized carbons (Fsp3) is 0.200. The third kappa shape index (κ3) is 2.58. The van der Waals surface area contributed by atoms with E-state index in [0.717, 1.165) is 0 Å². The van der Waals surface area contributed by atoms with Gasteiger partial charge >= 0.3 is 5.97 Å². The normalized spacial score (nSPS) is 9.50. The fourth-order valence-electron chi connectivity index (χ4n) is 1.04. The van der Waals surface area contributed by atoms with Crippen LogP contribution in [0.25, 0.3) is 0 Å². The van der Waals surface area contributed by atoms with Crippen LogP contribution in [0.5, 0.6) is 5.75 Å². The molecule has 0 aliphatic rings. The Morgan fingerprint density at radius 2 is 2.14 bits per heavy atom. The van der Waals surface area contributed by atoms with Gasteiger partial charge in [0.25, 0.3) is 0 Å². The first-order valence-corrected chi connectivity index (χ1v) is 4.02. The molecule has 0 bridgehead atoms. The van der Waals surface area contributed by atoms with Gasteiger partial charge in [0.2, 0.25) is 0 Å². The molecular formula is C10H10O4. The van der Waals surface area contributed by atoms with Crippen LogP contribution in [-0.2, 0) is 4.79 Å². The molecule has 0 fully saturated rings.